The number of hydrogen-bond donors (Lipinski definition) is 7. The Morgan fingerprint density at radius 1 is 0.733 bits per heavy atom. The number of likely N-dealkylation sites (N-methyl/N-ethyl adjacent to an activating group) is 2. The molecule has 4 saturated heterocycles. The zero-order valence-corrected chi connectivity index (χ0v) is 37.2. The Morgan fingerprint density at radius 3 is 1.65 bits per heavy atom. The van der Waals surface area contributed by atoms with E-state index in [1.54, 1.807) is 32.0 Å². The van der Waals surface area contributed by atoms with E-state index in [-0.39, 0.29) is 42.2 Å². The third-order valence-corrected chi connectivity index (χ3v) is 14.5. The van der Waals surface area contributed by atoms with Crippen LogP contribution in [0.15, 0.2) is 58.3 Å². The fourth-order valence-corrected chi connectivity index (χ4v) is 10.7. The monoisotopic (exact) mass is 868 g/mol. The molecular weight excluding hydrogens is 809 g/mol. The van der Waals surface area contributed by atoms with E-state index in [0.29, 0.717) is 43.7 Å². The van der Waals surface area contributed by atoms with E-state index in [2.05, 4.69) is 31.9 Å². The molecule has 0 aliphatic carbocycles. The van der Waals surface area contributed by atoms with Crippen molar-refractivity contribution in [2.45, 2.75) is 132 Å². The van der Waals surface area contributed by atoms with Crippen molar-refractivity contribution < 1.29 is 38.6 Å². The fourth-order valence-electron chi connectivity index (χ4n) is 8.44. The maximum atomic E-state index is 14.3. The van der Waals surface area contributed by atoms with Crippen LogP contribution in [0.3, 0.4) is 0 Å². The van der Waals surface area contributed by atoms with E-state index >= 15 is 0 Å². The van der Waals surface area contributed by atoms with E-state index < -0.39 is 59.7 Å². The number of aliphatic hydroxyl groups excluding tert-OH is 1. The van der Waals surface area contributed by atoms with Crippen LogP contribution in [0.5, 0.6) is 0 Å². The maximum Gasteiger partial charge on any atom is 0.247 e. The molecule has 4 heterocycles. The molecule has 0 bridgehead atoms. The van der Waals surface area contributed by atoms with Crippen LogP contribution in [0.25, 0.3) is 0 Å². The van der Waals surface area contributed by atoms with Gasteiger partial charge in [-0.2, -0.15) is 0 Å². The minimum absolute atomic E-state index is 0.262. The van der Waals surface area contributed by atoms with Crippen molar-refractivity contribution in [1.29, 1.82) is 0 Å². The lowest BCUT2D eigenvalue weighted by Gasteiger charge is -2.34. The summed E-state index contributed by atoms with van der Waals surface area (Å²) in [5.41, 5.74) is -0.145. The molecule has 0 spiro atoms. The van der Waals surface area contributed by atoms with Gasteiger partial charge in [-0.3, -0.25) is 29.3 Å². The van der Waals surface area contributed by atoms with Crippen LogP contribution in [-0.2, 0) is 33.4 Å². The standard InChI is InChI=1S/C42H60N8O8S2/c1-23(43-7)35(51)47-27-17-19-57-31-21-41(3,4)33(49(31)39(27)55)37(53)45-25-13-9-11-15-29(25)59-60-30-16-12-10-14-26(30)46-38(54)34-42(5,6)22-32-50(34)40(56)28(18-20-58-32)48-36(52)24(2)44-8/h9-16,23-24,27-28,31-35,43-44,47,51H,17-22H2,1-8H3,(H,45,53)(H,46,54)(H,48,52)/t23-,24-,27-,28-,31-,32-,33?,34?,35?/m0/s1. The average Bonchev–Trinajstić information content (AvgIpc) is 3.53. The molecule has 3 unspecified atom stereocenters. The van der Waals surface area contributed by atoms with Crippen molar-refractivity contribution in [1.82, 2.24) is 31.1 Å². The summed E-state index contributed by atoms with van der Waals surface area (Å²) < 4.78 is 12.2. The van der Waals surface area contributed by atoms with Crippen LogP contribution in [-0.4, -0.2) is 127 Å². The number of nitrogens with zero attached hydrogens (tertiary/aromatic N) is 2. The molecule has 0 radical (unpaired) electrons. The van der Waals surface area contributed by atoms with Crippen LogP contribution < -0.4 is 31.9 Å². The topological polar surface area (TPSA) is 203 Å². The van der Waals surface area contributed by atoms with E-state index in [0.717, 1.165) is 9.79 Å². The lowest BCUT2D eigenvalue weighted by molar-refractivity contribution is -0.148. The number of benzene rings is 2. The molecule has 0 saturated carbocycles. The minimum atomic E-state index is -0.982. The van der Waals surface area contributed by atoms with Crippen molar-refractivity contribution >= 4 is 62.5 Å². The number of para-hydroxylation sites is 2. The molecule has 5 amide bonds. The first-order valence-electron chi connectivity index (χ1n) is 20.6. The second-order valence-electron chi connectivity index (χ2n) is 17.4. The van der Waals surface area contributed by atoms with Gasteiger partial charge in [-0.1, -0.05) is 73.5 Å². The summed E-state index contributed by atoms with van der Waals surface area (Å²) in [6.45, 7) is 11.9. The van der Waals surface area contributed by atoms with Crippen molar-refractivity contribution in [3.8, 4) is 0 Å². The molecule has 2 aromatic carbocycles. The Labute approximate surface area is 360 Å². The SMILES string of the molecule is CN[C@@H](C)C(=O)N[C@H]1CCO[C@H]2CC(C)(C)C(C(=O)Nc3ccccc3SSc3ccccc3NC(=O)C3N4C(=O)[C@@H](NC(O)[C@H](C)NC)CCO[C@H]4CC3(C)C)N2C1=O. The van der Waals surface area contributed by atoms with E-state index in [1.807, 2.05) is 77.1 Å². The van der Waals surface area contributed by atoms with Crippen LogP contribution in [0.2, 0.25) is 0 Å². The fraction of sp³-hybridized carbons (Fsp3) is 0.595. The van der Waals surface area contributed by atoms with Gasteiger partial charge in [0.25, 0.3) is 0 Å². The van der Waals surface area contributed by atoms with Gasteiger partial charge in [0, 0.05) is 22.3 Å². The number of nitrogens with one attached hydrogen (secondary N) is 6. The number of carbonyl (C=O) groups excluding carboxylic acids is 5. The average molecular weight is 869 g/mol. The van der Waals surface area contributed by atoms with Crippen molar-refractivity contribution in [3.05, 3.63) is 48.5 Å². The molecule has 4 aliphatic heterocycles. The summed E-state index contributed by atoms with van der Waals surface area (Å²) in [4.78, 5) is 74.0. The number of fused-ring (bicyclic) bond motifs is 2. The number of anilines is 2. The smallest absolute Gasteiger partial charge is 0.247 e. The van der Waals surface area contributed by atoms with Gasteiger partial charge >= 0.3 is 0 Å². The normalized spacial score (nSPS) is 27.5. The molecular formula is C42H60N8O8S2. The molecule has 7 N–H and O–H groups in total. The van der Waals surface area contributed by atoms with Crippen molar-refractivity contribution in [2.75, 3.05) is 37.9 Å². The van der Waals surface area contributed by atoms with E-state index in [9.17, 15) is 29.1 Å². The first-order valence-corrected chi connectivity index (χ1v) is 22.7. The second kappa shape index (κ2) is 19.1. The Hall–Kier alpha value is -3.75. The number of ether oxygens (including phenoxy) is 2. The van der Waals surface area contributed by atoms with Gasteiger partial charge in [0.05, 0.1) is 36.7 Å². The highest BCUT2D eigenvalue weighted by Crippen LogP contribution is 2.47. The number of carbonyl (C=O) groups is 5. The molecule has 0 aromatic heterocycles. The number of amides is 5. The number of hydrogen-bond acceptors (Lipinski definition) is 13. The van der Waals surface area contributed by atoms with Crippen LogP contribution in [0, 0.1) is 10.8 Å². The summed E-state index contributed by atoms with van der Waals surface area (Å²) in [6, 6.07) is 10.7. The van der Waals surface area contributed by atoms with Gasteiger partial charge in [0.1, 0.15) is 36.8 Å². The summed E-state index contributed by atoms with van der Waals surface area (Å²) in [7, 11) is 6.20. The largest absolute Gasteiger partial charge is 0.377 e. The lowest BCUT2D eigenvalue weighted by atomic mass is 9.83. The van der Waals surface area contributed by atoms with Crippen LogP contribution >= 0.6 is 21.6 Å². The molecule has 4 fully saturated rings. The molecule has 18 heteroatoms. The van der Waals surface area contributed by atoms with E-state index in [1.165, 1.54) is 26.5 Å². The Morgan fingerprint density at radius 2 is 1.18 bits per heavy atom. The lowest BCUT2D eigenvalue weighted by Crippen LogP contribution is -2.58. The first kappa shape index (κ1) is 45.8. The highest BCUT2D eigenvalue weighted by Gasteiger charge is 2.56. The zero-order valence-electron chi connectivity index (χ0n) is 35.6. The third-order valence-electron chi connectivity index (χ3n) is 12.0. The molecule has 2 aromatic rings. The Kier molecular flexibility index (Phi) is 14.6. The highest BCUT2D eigenvalue weighted by atomic mass is 33.1. The van der Waals surface area contributed by atoms with Crippen molar-refractivity contribution in [3.63, 3.8) is 0 Å². The van der Waals surface area contributed by atoms with E-state index in [4.69, 9.17) is 9.47 Å². The molecule has 16 nitrogen and oxygen atoms in total. The van der Waals surface area contributed by atoms with Crippen LogP contribution in [0.4, 0.5) is 11.4 Å². The molecule has 328 valence electrons. The maximum absolute atomic E-state index is 14.3. The summed E-state index contributed by atoms with van der Waals surface area (Å²) in [6.07, 6.45) is -0.600. The summed E-state index contributed by atoms with van der Waals surface area (Å²) in [5.74, 6) is -1.67. The first-order chi connectivity index (χ1) is 28.5. The Bertz CT molecular complexity index is 1920. The number of aliphatic hydroxyl groups is 1. The third kappa shape index (κ3) is 9.81. The second-order valence-corrected chi connectivity index (χ2v) is 19.6. The van der Waals surface area contributed by atoms with Crippen LogP contribution in [0.1, 0.15) is 67.2 Å². The van der Waals surface area contributed by atoms with Gasteiger partial charge in [-0.05, 0) is 82.3 Å². The highest BCUT2D eigenvalue weighted by molar-refractivity contribution is 8.76. The summed E-state index contributed by atoms with van der Waals surface area (Å²) >= 11 is 0. The molecule has 6 rings (SSSR count). The Balaban J connectivity index is 1.16. The quantitative estimate of drug-likeness (QED) is 0.108. The molecule has 9 atom stereocenters. The summed E-state index contributed by atoms with van der Waals surface area (Å²) in [5, 5.41) is 28.6. The van der Waals surface area contributed by atoms with Gasteiger partial charge < -0.3 is 51.0 Å². The predicted molar refractivity (Wildman–Crippen MR) is 231 cm³/mol. The van der Waals surface area contributed by atoms with Gasteiger partial charge in [0.2, 0.25) is 29.5 Å². The molecule has 60 heavy (non-hydrogen) atoms. The van der Waals surface area contributed by atoms with Crippen molar-refractivity contribution in [2.24, 2.45) is 10.8 Å². The predicted octanol–water partition coefficient (Wildman–Crippen LogP) is 3.09. The minimum Gasteiger partial charge on any atom is -0.377 e. The van der Waals surface area contributed by atoms with Gasteiger partial charge in [-0.15, -0.1) is 0 Å². The van der Waals surface area contributed by atoms with Gasteiger partial charge in [0.15, 0.2) is 0 Å². The van der Waals surface area contributed by atoms with Gasteiger partial charge in [-0.25, -0.2) is 0 Å². The molecule has 4 aliphatic rings. The number of rotatable bonds is 14. The zero-order chi connectivity index (χ0) is 43.5.